The molecule has 160 valence electrons. The smallest absolute Gasteiger partial charge is 0.253 e. The van der Waals surface area contributed by atoms with E-state index < -0.39 is 0 Å². The van der Waals surface area contributed by atoms with Crippen LogP contribution in [0.5, 0.6) is 0 Å². The van der Waals surface area contributed by atoms with Gasteiger partial charge < -0.3 is 15.1 Å². The number of para-hydroxylation sites is 1. The van der Waals surface area contributed by atoms with Crippen molar-refractivity contribution in [2.75, 3.05) is 56.0 Å². The van der Waals surface area contributed by atoms with Gasteiger partial charge in [0.25, 0.3) is 5.91 Å². The van der Waals surface area contributed by atoms with Gasteiger partial charge in [0.2, 0.25) is 5.91 Å². The summed E-state index contributed by atoms with van der Waals surface area (Å²) >= 11 is 6.29. The lowest BCUT2D eigenvalue weighted by atomic mass is 10.1. The third-order valence-electron chi connectivity index (χ3n) is 5.40. The van der Waals surface area contributed by atoms with E-state index in [4.69, 9.17) is 11.6 Å². The van der Waals surface area contributed by atoms with E-state index in [0.717, 1.165) is 36.9 Å². The molecule has 7 heteroatoms. The lowest BCUT2D eigenvalue weighted by Crippen LogP contribution is -2.48. The first-order valence-corrected chi connectivity index (χ1v) is 10.8. The zero-order valence-electron chi connectivity index (χ0n) is 17.6. The Labute approximate surface area is 183 Å². The molecule has 0 spiro atoms. The number of amides is 2. The van der Waals surface area contributed by atoms with Crippen LogP contribution in [-0.4, -0.2) is 67.4 Å². The number of halogens is 1. The Balaban J connectivity index is 1.48. The molecule has 2 amide bonds. The van der Waals surface area contributed by atoms with E-state index in [1.54, 1.807) is 29.2 Å². The molecule has 2 aromatic rings. The van der Waals surface area contributed by atoms with Gasteiger partial charge in [-0.25, -0.2) is 0 Å². The average molecular weight is 429 g/mol. The van der Waals surface area contributed by atoms with Gasteiger partial charge in [-0.2, -0.15) is 0 Å². The first-order chi connectivity index (χ1) is 14.5. The number of hydrogen-bond acceptors (Lipinski definition) is 4. The highest BCUT2D eigenvalue weighted by Crippen LogP contribution is 2.26. The van der Waals surface area contributed by atoms with Gasteiger partial charge in [0.05, 0.1) is 17.3 Å². The molecule has 1 saturated heterocycles. The van der Waals surface area contributed by atoms with E-state index >= 15 is 0 Å². The lowest BCUT2D eigenvalue weighted by Gasteiger charge is -2.36. The van der Waals surface area contributed by atoms with Crippen molar-refractivity contribution in [2.45, 2.75) is 13.8 Å². The van der Waals surface area contributed by atoms with E-state index in [-0.39, 0.29) is 11.8 Å². The summed E-state index contributed by atoms with van der Waals surface area (Å²) < 4.78 is 0. The number of carbonyl (C=O) groups is 2. The zero-order chi connectivity index (χ0) is 21.5. The minimum absolute atomic E-state index is 0.00858. The van der Waals surface area contributed by atoms with Crippen molar-refractivity contribution in [3.63, 3.8) is 0 Å². The number of rotatable bonds is 7. The molecule has 1 heterocycles. The van der Waals surface area contributed by atoms with Gasteiger partial charge in [0.1, 0.15) is 0 Å². The normalized spacial score (nSPS) is 14.4. The van der Waals surface area contributed by atoms with Crippen molar-refractivity contribution in [1.29, 1.82) is 0 Å². The maximum atomic E-state index is 12.4. The second-order valence-electron chi connectivity index (χ2n) is 7.32. The largest absolute Gasteiger partial charge is 0.368 e. The predicted octanol–water partition coefficient (Wildman–Crippen LogP) is 3.58. The first kappa shape index (κ1) is 22.1. The standard InChI is InChI=1S/C23H29ClN4O2/c1-3-27(4-2)23(30)18-9-11-19(12-10-18)25-22(29)17-26-13-15-28(16-14-26)21-8-6-5-7-20(21)24/h5-12H,3-4,13-17H2,1-2H3,(H,25,29). The number of carbonyl (C=O) groups excluding carboxylic acids is 2. The minimum Gasteiger partial charge on any atom is -0.368 e. The van der Waals surface area contributed by atoms with Gasteiger partial charge in [-0.05, 0) is 50.2 Å². The zero-order valence-corrected chi connectivity index (χ0v) is 18.4. The highest BCUT2D eigenvalue weighted by Gasteiger charge is 2.20. The maximum Gasteiger partial charge on any atom is 0.253 e. The molecular formula is C23H29ClN4O2. The summed E-state index contributed by atoms with van der Waals surface area (Å²) in [6.45, 7) is 8.89. The molecule has 1 fully saturated rings. The van der Waals surface area contributed by atoms with E-state index in [9.17, 15) is 9.59 Å². The Bertz CT molecular complexity index is 860. The minimum atomic E-state index is -0.0518. The number of nitrogens with zero attached hydrogens (tertiary/aromatic N) is 3. The van der Waals surface area contributed by atoms with E-state index in [1.807, 2.05) is 38.1 Å². The van der Waals surface area contributed by atoms with Crippen LogP contribution in [0.15, 0.2) is 48.5 Å². The number of benzene rings is 2. The number of nitrogens with one attached hydrogen (secondary N) is 1. The van der Waals surface area contributed by atoms with E-state index in [0.29, 0.717) is 30.9 Å². The number of anilines is 2. The third kappa shape index (κ3) is 5.52. The number of hydrogen-bond donors (Lipinski definition) is 1. The first-order valence-electron chi connectivity index (χ1n) is 10.4. The van der Waals surface area contributed by atoms with Crippen LogP contribution in [0.4, 0.5) is 11.4 Å². The molecule has 0 aromatic heterocycles. The SMILES string of the molecule is CCN(CC)C(=O)c1ccc(NC(=O)CN2CCN(c3ccccc3Cl)CC2)cc1. The highest BCUT2D eigenvalue weighted by molar-refractivity contribution is 6.33. The predicted molar refractivity (Wildman–Crippen MR) is 122 cm³/mol. The Kier molecular flexibility index (Phi) is 7.71. The van der Waals surface area contributed by atoms with Crippen molar-refractivity contribution in [3.8, 4) is 0 Å². The van der Waals surface area contributed by atoms with Crippen LogP contribution in [0, 0.1) is 0 Å². The van der Waals surface area contributed by atoms with Gasteiger partial charge in [-0.15, -0.1) is 0 Å². The average Bonchev–Trinajstić information content (AvgIpc) is 2.76. The Morgan fingerprint density at radius 3 is 2.20 bits per heavy atom. The van der Waals surface area contributed by atoms with Gasteiger partial charge in [-0.1, -0.05) is 23.7 Å². The van der Waals surface area contributed by atoms with Crippen LogP contribution in [0.1, 0.15) is 24.2 Å². The van der Waals surface area contributed by atoms with Gasteiger partial charge in [0.15, 0.2) is 0 Å². The molecule has 1 N–H and O–H groups in total. The van der Waals surface area contributed by atoms with Crippen molar-refractivity contribution >= 4 is 34.8 Å². The maximum absolute atomic E-state index is 12.4. The topological polar surface area (TPSA) is 55.9 Å². The summed E-state index contributed by atoms with van der Waals surface area (Å²) in [5.41, 5.74) is 2.38. The van der Waals surface area contributed by atoms with Gasteiger partial charge >= 0.3 is 0 Å². The van der Waals surface area contributed by atoms with Crippen LogP contribution in [0.3, 0.4) is 0 Å². The summed E-state index contributed by atoms with van der Waals surface area (Å²) in [4.78, 5) is 31.0. The van der Waals surface area contributed by atoms with Crippen LogP contribution in [0.2, 0.25) is 5.02 Å². The third-order valence-corrected chi connectivity index (χ3v) is 5.72. The van der Waals surface area contributed by atoms with Crippen molar-refractivity contribution in [2.24, 2.45) is 0 Å². The van der Waals surface area contributed by atoms with E-state index in [2.05, 4.69) is 15.1 Å². The summed E-state index contributed by atoms with van der Waals surface area (Å²) in [7, 11) is 0. The van der Waals surface area contributed by atoms with Crippen molar-refractivity contribution in [1.82, 2.24) is 9.80 Å². The molecule has 2 aromatic carbocycles. The molecule has 1 aliphatic heterocycles. The molecule has 0 unspecified atom stereocenters. The lowest BCUT2D eigenvalue weighted by molar-refractivity contribution is -0.117. The van der Waals surface area contributed by atoms with Crippen LogP contribution < -0.4 is 10.2 Å². The molecule has 1 aliphatic rings. The molecule has 30 heavy (non-hydrogen) atoms. The van der Waals surface area contributed by atoms with Crippen LogP contribution in [0.25, 0.3) is 0 Å². The van der Waals surface area contributed by atoms with E-state index in [1.165, 1.54) is 0 Å². The summed E-state index contributed by atoms with van der Waals surface area (Å²) in [5, 5.41) is 3.68. The molecule has 0 radical (unpaired) electrons. The van der Waals surface area contributed by atoms with Crippen molar-refractivity contribution < 1.29 is 9.59 Å². The molecule has 0 atom stereocenters. The second kappa shape index (κ2) is 10.5. The fraction of sp³-hybridized carbons (Fsp3) is 0.391. The summed E-state index contributed by atoms with van der Waals surface area (Å²) in [6, 6.07) is 14.9. The fourth-order valence-corrected chi connectivity index (χ4v) is 3.90. The van der Waals surface area contributed by atoms with Crippen molar-refractivity contribution in [3.05, 3.63) is 59.1 Å². The molecule has 0 saturated carbocycles. The molecule has 0 aliphatic carbocycles. The summed E-state index contributed by atoms with van der Waals surface area (Å²) in [6.07, 6.45) is 0. The number of piperazine rings is 1. The monoisotopic (exact) mass is 428 g/mol. The fourth-order valence-electron chi connectivity index (χ4n) is 3.65. The Hall–Kier alpha value is -2.57. The van der Waals surface area contributed by atoms with Crippen LogP contribution in [-0.2, 0) is 4.79 Å². The quantitative estimate of drug-likeness (QED) is 0.732. The van der Waals surface area contributed by atoms with Gasteiger partial charge in [-0.3, -0.25) is 14.5 Å². The summed E-state index contributed by atoms with van der Waals surface area (Å²) in [5.74, 6) is -0.0433. The second-order valence-corrected chi connectivity index (χ2v) is 7.72. The molecule has 6 nitrogen and oxygen atoms in total. The molecule has 3 rings (SSSR count). The molecular weight excluding hydrogens is 400 g/mol. The molecule has 0 bridgehead atoms. The Morgan fingerprint density at radius 1 is 0.967 bits per heavy atom. The van der Waals surface area contributed by atoms with Gasteiger partial charge in [0, 0.05) is 50.5 Å². The van der Waals surface area contributed by atoms with Crippen LogP contribution >= 0.6 is 11.6 Å². The highest BCUT2D eigenvalue weighted by atomic mass is 35.5. The Morgan fingerprint density at radius 2 is 1.60 bits per heavy atom.